The van der Waals surface area contributed by atoms with Crippen LogP contribution >= 0.6 is 0 Å². The van der Waals surface area contributed by atoms with Gasteiger partial charge < -0.3 is 10.1 Å². The molecule has 0 saturated heterocycles. The number of nitrogens with zero attached hydrogens (tertiary/aromatic N) is 1. The summed E-state index contributed by atoms with van der Waals surface area (Å²) in [6.45, 7) is 1.84. The molecule has 0 unspecified atom stereocenters. The fourth-order valence-corrected chi connectivity index (χ4v) is 1.89. The molecule has 2 rings (SSSR count). The molecule has 20 heavy (non-hydrogen) atoms. The smallest absolute Gasteiger partial charge is 0.228 e. The number of halogens is 1. The molecule has 0 atom stereocenters. The SMILES string of the molecule is COc1ccc(F)cc1CC(=O)Nc1ccnc(C)c1. The number of benzene rings is 1. The number of anilines is 1. The van der Waals surface area contributed by atoms with Crippen molar-refractivity contribution in [3.8, 4) is 5.75 Å². The van der Waals surface area contributed by atoms with Crippen LogP contribution < -0.4 is 10.1 Å². The molecule has 1 N–H and O–H groups in total. The fourth-order valence-electron chi connectivity index (χ4n) is 1.89. The number of hydrogen-bond donors (Lipinski definition) is 1. The van der Waals surface area contributed by atoms with Gasteiger partial charge >= 0.3 is 0 Å². The Kier molecular flexibility index (Phi) is 4.30. The van der Waals surface area contributed by atoms with Gasteiger partial charge in [-0.3, -0.25) is 9.78 Å². The Morgan fingerprint density at radius 2 is 2.15 bits per heavy atom. The first-order chi connectivity index (χ1) is 9.58. The number of rotatable bonds is 4. The molecular weight excluding hydrogens is 259 g/mol. The molecule has 0 aliphatic carbocycles. The lowest BCUT2D eigenvalue weighted by Crippen LogP contribution is -2.15. The summed E-state index contributed by atoms with van der Waals surface area (Å²) in [4.78, 5) is 16.0. The van der Waals surface area contributed by atoms with E-state index in [1.807, 2.05) is 6.92 Å². The molecule has 1 amide bonds. The van der Waals surface area contributed by atoms with Crippen molar-refractivity contribution in [2.24, 2.45) is 0 Å². The summed E-state index contributed by atoms with van der Waals surface area (Å²) in [7, 11) is 1.49. The monoisotopic (exact) mass is 274 g/mol. The van der Waals surface area contributed by atoms with Crippen LogP contribution in [0.2, 0.25) is 0 Å². The van der Waals surface area contributed by atoms with Crippen molar-refractivity contribution in [3.63, 3.8) is 0 Å². The van der Waals surface area contributed by atoms with Crippen LogP contribution in [0.5, 0.6) is 5.75 Å². The second-order valence-corrected chi connectivity index (χ2v) is 4.37. The Morgan fingerprint density at radius 1 is 1.35 bits per heavy atom. The summed E-state index contributed by atoms with van der Waals surface area (Å²) in [6, 6.07) is 7.58. The topological polar surface area (TPSA) is 51.2 Å². The van der Waals surface area contributed by atoms with Gasteiger partial charge in [-0.2, -0.15) is 0 Å². The zero-order chi connectivity index (χ0) is 14.5. The highest BCUT2D eigenvalue weighted by molar-refractivity contribution is 5.92. The Balaban J connectivity index is 2.10. The Morgan fingerprint density at radius 3 is 2.85 bits per heavy atom. The van der Waals surface area contributed by atoms with Crippen LogP contribution in [0.3, 0.4) is 0 Å². The van der Waals surface area contributed by atoms with Crippen molar-refractivity contribution < 1.29 is 13.9 Å². The highest BCUT2D eigenvalue weighted by Gasteiger charge is 2.10. The van der Waals surface area contributed by atoms with Gasteiger partial charge in [-0.25, -0.2) is 4.39 Å². The van der Waals surface area contributed by atoms with Gasteiger partial charge in [0.25, 0.3) is 0 Å². The van der Waals surface area contributed by atoms with E-state index in [0.29, 0.717) is 17.0 Å². The van der Waals surface area contributed by atoms with E-state index < -0.39 is 5.82 Å². The highest BCUT2D eigenvalue weighted by atomic mass is 19.1. The van der Waals surface area contributed by atoms with E-state index in [9.17, 15) is 9.18 Å². The van der Waals surface area contributed by atoms with Crippen molar-refractivity contribution in [1.29, 1.82) is 0 Å². The molecular formula is C15H15FN2O2. The van der Waals surface area contributed by atoms with E-state index in [-0.39, 0.29) is 12.3 Å². The quantitative estimate of drug-likeness (QED) is 0.932. The summed E-state index contributed by atoms with van der Waals surface area (Å²) >= 11 is 0. The van der Waals surface area contributed by atoms with E-state index in [2.05, 4.69) is 10.3 Å². The van der Waals surface area contributed by atoms with Gasteiger partial charge in [0.05, 0.1) is 13.5 Å². The number of ether oxygens (including phenoxy) is 1. The first-order valence-corrected chi connectivity index (χ1v) is 6.13. The highest BCUT2D eigenvalue weighted by Crippen LogP contribution is 2.20. The second-order valence-electron chi connectivity index (χ2n) is 4.37. The lowest BCUT2D eigenvalue weighted by molar-refractivity contribution is -0.115. The number of carbonyl (C=O) groups is 1. The first kappa shape index (κ1) is 14.0. The number of hydrogen-bond acceptors (Lipinski definition) is 3. The minimum absolute atomic E-state index is 0.0440. The van der Waals surface area contributed by atoms with Crippen molar-refractivity contribution in [2.75, 3.05) is 12.4 Å². The molecule has 0 radical (unpaired) electrons. The summed E-state index contributed by atoms with van der Waals surface area (Å²) in [6.07, 6.45) is 1.66. The lowest BCUT2D eigenvalue weighted by atomic mass is 10.1. The Labute approximate surface area is 116 Å². The number of nitrogens with one attached hydrogen (secondary N) is 1. The van der Waals surface area contributed by atoms with Gasteiger partial charge in [-0.05, 0) is 37.3 Å². The maximum Gasteiger partial charge on any atom is 0.228 e. The van der Waals surface area contributed by atoms with Gasteiger partial charge in [-0.1, -0.05) is 0 Å². The van der Waals surface area contributed by atoms with Gasteiger partial charge in [0.15, 0.2) is 0 Å². The number of amides is 1. The number of pyridine rings is 1. The molecule has 2 aromatic rings. The molecule has 104 valence electrons. The van der Waals surface area contributed by atoms with Crippen LogP contribution in [0.4, 0.5) is 10.1 Å². The molecule has 1 heterocycles. The number of aryl methyl sites for hydroxylation is 1. The lowest BCUT2D eigenvalue weighted by Gasteiger charge is -2.09. The largest absolute Gasteiger partial charge is 0.496 e. The first-order valence-electron chi connectivity index (χ1n) is 6.13. The van der Waals surface area contributed by atoms with E-state index in [0.717, 1.165) is 5.69 Å². The van der Waals surface area contributed by atoms with Crippen molar-refractivity contribution in [3.05, 3.63) is 53.6 Å². The minimum Gasteiger partial charge on any atom is -0.496 e. The van der Waals surface area contributed by atoms with Crippen molar-refractivity contribution in [2.45, 2.75) is 13.3 Å². The van der Waals surface area contributed by atoms with Crippen molar-refractivity contribution in [1.82, 2.24) is 4.98 Å². The molecule has 0 aliphatic heterocycles. The molecule has 1 aromatic carbocycles. The molecule has 1 aromatic heterocycles. The van der Waals surface area contributed by atoms with Crippen LogP contribution in [0.25, 0.3) is 0 Å². The van der Waals surface area contributed by atoms with E-state index in [1.54, 1.807) is 18.3 Å². The summed E-state index contributed by atoms with van der Waals surface area (Å²) < 4.78 is 18.3. The molecule has 4 nitrogen and oxygen atoms in total. The second kappa shape index (κ2) is 6.14. The predicted molar refractivity (Wildman–Crippen MR) is 74.3 cm³/mol. The van der Waals surface area contributed by atoms with Gasteiger partial charge in [0, 0.05) is 23.1 Å². The standard InChI is InChI=1S/C15H15FN2O2/c1-10-7-13(5-6-17-10)18-15(19)9-11-8-12(16)3-4-14(11)20-2/h3-8H,9H2,1-2H3,(H,17,18,19). The summed E-state index contributed by atoms with van der Waals surface area (Å²) in [5.74, 6) is -0.139. The maximum absolute atomic E-state index is 13.2. The number of carbonyl (C=O) groups excluding carboxylic acids is 1. The summed E-state index contributed by atoms with van der Waals surface area (Å²) in [5.41, 5.74) is 1.99. The van der Waals surface area contributed by atoms with Gasteiger partial charge in [-0.15, -0.1) is 0 Å². The molecule has 0 spiro atoms. The van der Waals surface area contributed by atoms with E-state index >= 15 is 0 Å². The van der Waals surface area contributed by atoms with Crippen LogP contribution in [0.1, 0.15) is 11.3 Å². The third-order valence-electron chi connectivity index (χ3n) is 2.77. The maximum atomic E-state index is 13.2. The Hall–Kier alpha value is -2.43. The van der Waals surface area contributed by atoms with Gasteiger partial charge in [0.1, 0.15) is 11.6 Å². The minimum atomic E-state index is -0.395. The Bertz CT molecular complexity index is 629. The summed E-state index contributed by atoms with van der Waals surface area (Å²) in [5, 5.41) is 2.75. The van der Waals surface area contributed by atoms with E-state index in [4.69, 9.17) is 4.74 Å². The molecule has 5 heteroatoms. The molecule has 0 saturated carbocycles. The van der Waals surface area contributed by atoms with Crippen LogP contribution in [0.15, 0.2) is 36.5 Å². The van der Waals surface area contributed by atoms with Crippen LogP contribution in [-0.4, -0.2) is 18.0 Å². The van der Waals surface area contributed by atoms with E-state index in [1.165, 1.54) is 25.3 Å². The zero-order valence-corrected chi connectivity index (χ0v) is 11.3. The molecule has 0 fully saturated rings. The average Bonchev–Trinajstić information content (AvgIpc) is 2.38. The third-order valence-corrected chi connectivity index (χ3v) is 2.77. The predicted octanol–water partition coefficient (Wildman–Crippen LogP) is 2.72. The third kappa shape index (κ3) is 3.54. The average molecular weight is 274 g/mol. The number of aromatic nitrogens is 1. The molecule has 0 bridgehead atoms. The normalized spacial score (nSPS) is 10.2. The van der Waals surface area contributed by atoms with Crippen LogP contribution in [-0.2, 0) is 11.2 Å². The van der Waals surface area contributed by atoms with Crippen LogP contribution in [0, 0.1) is 12.7 Å². The van der Waals surface area contributed by atoms with Crippen molar-refractivity contribution >= 4 is 11.6 Å². The zero-order valence-electron chi connectivity index (χ0n) is 11.3. The van der Waals surface area contributed by atoms with Gasteiger partial charge in [0.2, 0.25) is 5.91 Å². The fraction of sp³-hybridized carbons (Fsp3) is 0.200. The number of methoxy groups -OCH3 is 1. The molecule has 0 aliphatic rings.